The predicted molar refractivity (Wildman–Crippen MR) is 81.9 cm³/mol. The van der Waals surface area contributed by atoms with Crippen molar-refractivity contribution in [2.24, 2.45) is 7.05 Å². The Morgan fingerprint density at radius 1 is 0.850 bits per heavy atom. The van der Waals surface area contributed by atoms with Gasteiger partial charge in [-0.25, -0.2) is 4.57 Å². The molecule has 2 heteroatoms. The molecule has 2 aromatic carbocycles. The van der Waals surface area contributed by atoms with E-state index < -0.39 is 0 Å². The van der Waals surface area contributed by atoms with Crippen molar-refractivity contribution in [3.63, 3.8) is 0 Å². The molecule has 100 valence electrons. The largest absolute Gasteiger partial charge is 0.293 e. The number of rotatable bonds is 2. The van der Waals surface area contributed by atoms with Gasteiger partial charge in [-0.2, -0.15) is 4.57 Å². The summed E-state index contributed by atoms with van der Waals surface area (Å²) < 4.78 is 4.45. The van der Waals surface area contributed by atoms with E-state index in [4.69, 9.17) is 0 Å². The zero-order chi connectivity index (χ0) is 14.1. The van der Waals surface area contributed by atoms with E-state index in [0.717, 1.165) is 0 Å². The van der Waals surface area contributed by atoms with E-state index in [2.05, 4.69) is 91.0 Å². The molecule has 20 heavy (non-hydrogen) atoms. The van der Waals surface area contributed by atoms with Gasteiger partial charge in [-0.15, -0.1) is 0 Å². The maximum absolute atomic E-state index is 2.28. The minimum atomic E-state index is 1.20. The summed E-state index contributed by atoms with van der Waals surface area (Å²) in [7, 11) is 2.09. The molecule has 1 heterocycles. The van der Waals surface area contributed by atoms with Crippen LogP contribution in [0.15, 0.2) is 60.9 Å². The highest BCUT2D eigenvalue weighted by molar-refractivity contribution is 5.58. The first kappa shape index (κ1) is 12.7. The number of aryl methyl sites for hydroxylation is 3. The van der Waals surface area contributed by atoms with E-state index in [1.807, 2.05) is 0 Å². The average molecular weight is 263 g/mol. The van der Waals surface area contributed by atoms with Crippen LogP contribution in [0.4, 0.5) is 0 Å². The van der Waals surface area contributed by atoms with Crippen LogP contribution in [0.5, 0.6) is 0 Å². The quantitative estimate of drug-likeness (QED) is 0.625. The second kappa shape index (κ2) is 4.97. The number of aromatic nitrogens is 2. The summed E-state index contributed by atoms with van der Waals surface area (Å²) in [5.41, 5.74) is 5.08. The molecule has 0 saturated heterocycles. The molecule has 3 rings (SSSR count). The minimum absolute atomic E-state index is 1.20. The molecular formula is C18H19N2+. The molecule has 0 aliphatic carbocycles. The molecule has 3 aromatic rings. The average Bonchev–Trinajstić information content (AvgIpc) is 2.81. The van der Waals surface area contributed by atoms with Gasteiger partial charge < -0.3 is 0 Å². The number of hydrogen-bond acceptors (Lipinski definition) is 0. The first-order chi connectivity index (χ1) is 9.68. The summed E-state index contributed by atoms with van der Waals surface area (Å²) in [5.74, 6) is 1.20. The molecule has 0 aliphatic rings. The lowest BCUT2D eigenvalue weighted by molar-refractivity contribution is -0.659. The van der Waals surface area contributed by atoms with Crippen LogP contribution >= 0.6 is 0 Å². The van der Waals surface area contributed by atoms with Crippen molar-refractivity contribution in [2.75, 3.05) is 0 Å². The number of hydrogen-bond donors (Lipinski definition) is 0. The topological polar surface area (TPSA) is 8.81 Å². The highest BCUT2D eigenvalue weighted by atomic mass is 15.1. The zero-order valence-electron chi connectivity index (χ0n) is 12.2. The van der Waals surface area contributed by atoms with Crippen molar-refractivity contribution in [3.05, 3.63) is 72.1 Å². The van der Waals surface area contributed by atoms with E-state index >= 15 is 0 Å². The van der Waals surface area contributed by atoms with Gasteiger partial charge in [0, 0.05) is 0 Å². The molecule has 0 fully saturated rings. The highest BCUT2D eigenvalue weighted by Gasteiger charge is 2.20. The molecule has 1 aromatic heterocycles. The van der Waals surface area contributed by atoms with Crippen LogP contribution < -0.4 is 4.57 Å². The Morgan fingerprint density at radius 2 is 1.50 bits per heavy atom. The predicted octanol–water partition coefficient (Wildman–Crippen LogP) is 3.59. The smallest absolute Gasteiger partial charge is 0.232 e. The van der Waals surface area contributed by atoms with Crippen molar-refractivity contribution in [3.8, 4) is 17.1 Å². The SMILES string of the molecule is Cc1cccc(C)c1-n1cc[n+](C)c1-c1ccccc1. The molecule has 0 radical (unpaired) electrons. The second-order valence-electron chi connectivity index (χ2n) is 5.21. The molecule has 2 nitrogen and oxygen atoms in total. The maximum Gasteiger partial charge on any atom is 0.293 e. The highest BCUT2D eigenvalue weighted by Crippen LogP contribution is 2.24. The van der Waals surface area contributed by atoms with Crippen LogP contribution in [0.3, 0.4) is 0 Å². The second-order valence-corrected chi connectivity index (χ2v) is 5.21. The van der Waals surface area contributed by atoms with Crippen LogP contribution in [-0.4, -0.2) is 4.57 Å². The first-order valence-electron chi connectivity index (χ1n) is 6.87. The minimum Gasteiger partial charge on any atom is -0.232 e. The van der Waals surface area contributed by atoms with Crippen LogP contribution in [0.25, 0.3) is 17.1 Å². The number of nitrogens with zero attached hydrogens (tertiary/aromatic N) is 2. The van der Waals surface area contributed by atoms with Gasteiger partial charge in [0.05, 0.1) is 12.6 Å². The summed E-state index contributed by atoms with van der Waals surface area (Å²) in [6, 6.07) is 17.0. The Bertz CT molecular complexity index is 719. The molecule has 0 amide bonds. The van der Waals surface area contributed by atoms with Gasteiger partial charge >= 0.3 is 0 Å². The van der Waals surface area contributed by atoms with Crippen molar-refractivity contribution < 1.29 is 4.57 Å². The molecule has 0 spiro atoms. The van der Waals surface area contributed by atoms with Gasteiger partial charge in [0.15, 0.2) is 0 Å². The van der Waals surface area contributed by atoms with Crippen molar-refractivity contribution in [1.29, 1.82) is 0 Å². The van der Waals surface area contributed by atoms with E-state index in [1.54, 1.807) is 0 Å². The number of imidazole rings is 1. The van der Waals surface area contributed by atoms with E-state index in [0.29, 0.717) is 0 Å². The van der Waals surface area contributed by atoms with E-state index in [9.17, 15) is 0 Å². The van der Waals surface area contributed by atoms with E-state index in [-0.39, 0.29) is 0 Å². The molecule has 0 saturated carbocycles. The lowest BCUT2D eigenvalue weighted by atomic mass is 10.1. The third kappa shape index (κ3) is 2.03. The van der Waals surface area contributed by atoms with Crippen molar-refractivity contribution >= 4 is 0 Å². The monoisotopic (exact) mass is 263 g/mol. The van der Waals surface area contributed by atoms with Gasteiger partial charge in [-0.05, 0) is 37.1 Å². The number of benzene rings is 2. The third-order valence-electron chi connectivity index (χ3n) is 3.71. The fourth-order valence-electron chi connectivity index (χ4n) is 2.77. The fraction of sp³-hybridized carbons (Fsp3) is 0.167. The van der Waals surface area contributed by atoms with Gasteiger partial charge in [0.25, 0.3) is 5.82 Å². The lowest BCUT2D eigenvalue weighted by Gasteiger charge is -2.08. The Hall–Kier alpha value is -2.35. The molecule has 0 unspecified atom stereocenters. The maximum atomic E-state index is 2.28. The van der Waals surface area contributed by atoms with Crippen LogP contribution in [-0.2, 0) is 7.05 Å². The van der Waals surface area contributed by atoms with Crippen LogP contribution in [0, 0.1) is 13.8 Å². The first-order valence-corrected chi connectivity index (χ1v) is 6.87. The normalized spacial score (nSPS) is 10.8. The summed E-state index contributed by atoms with van der Waals surface area (Å²) in [6.07, 6.45) is 4.24. The van der Waals surface area contributed by atoms with Crippen molar-refractivity contribution in [1.82, 2.24) is 4.57 Å². The number of para-hydroxylation sites is 1. The summed E-state index contributed by atoms with van der Waals surface area (Å²) >= 11 is 0. The summed E-state index contributed by atoms with van der Waals surface area (Å²) in [5, 5.41) is 0. The summed E-state index contributed by atoms with van der Waals surface area (Å²) in [6.45, 7) is 4.33. The molecule has 0 bridgehead atoms. The Morgan fingerprint density at radius 3 is 2.15 bits per heavy atom. The van der Waals surface area contributed by atoms with Gasteiger partial charge in [0.2, 0.25) is 0 Å². The Labute approximate surface area is 119 Å². The van der Waals surface area contributed by atoms with Gasteiger partial charge in [0.1, 0.15) is 18.1 Å². The van der Waals surface area contributed by atoms with Crippen LogP contribution in [0.1, 0.15) is 11.1 Å². The molecule has 0 atom stereocenters. The Balaban J connectivity index is 2.27. The fourth-order valence-corrected chi connectivity index (χ4v) is 2.77. The standard InChI is InChI=1S/C18H19N2/c1-14-8-7-9-15(2)17(14)20-13-12-19(3)18(20)16-10-5-4-6-11-16/h4-13H,1-3H3/q+1. The van der Waals surface area contributed by atoms with Crippen LogP contribution in [0.2, 0.25) is 0 Å². The Kier molecular flexibility index (Phi) is 3.15. The summed E-state index contributed by atoms with van der Waals surface area (Å²) in [4.78, 5) is 0. The van der Waals surface area contributed by atoms with Gasteiger partial charge in [-0.3, -0.25) is 0 Å². The van der Waals surface area contributed by atoms with Gasteiger partial charge in [-0.1, -0.05) is 36.4 Å². The molecule has 0 N–H and O–H groups in total. The lowest BCUT2D eigenvalue weighted by Crippen LogP contribution is -2.29. The van der Waals surface area contributed by atoms with E-state index in [1.165, 1.54) is 28.2 Å². The molecular weight excluding hydrogens is 244 g/mol. The van der Waals surface area contributed by atoms with Crippen molar-refractivity contribution in [2.45, 2.75) is 13.8 Å². The molecule has 0 aliphatic heterocycles. The zero-order valence-corrected chi connectivity index (χ0v) is 12.2. The third-order valence-corrected chi connectivity index (χ3v) is 3.71.